The third-order valence-electron chi connectivity index (χ3n) is 4.67. The summed E-state index contributed by atoms with van der Waals surface area (Å²) in [6.45, 7) is 3.20. The first-order valence-electron chi connectivity index (χ1n) is 8.36. The van der Waals surface area contributed by atoms with Gasteiger partial charge in [0, 0.05) is 31.1 Å². The van der Waals surface area contributed by atoms with Gasteiger partial charge in [-0.1, -0.05) is 35.9 Å². The zero-order chi connectivity index (χ0) is 17.1. The van der Waals surface area contributed by atoms with E-state index in [1.165, 1.54) is 5.56 Å². The molecule has 4 heteroatoms. The summed E-state index contributed by atoms with van der Waals surface area (Å²) in [7, 11) is 1.68. The van der Waals surface area contributed by atoms with Gasteiger partial charge in [-0.25, -0.2) is 0 Å². The smallest absolute Gasteiger partial charge is 0.223 e. The van der Waals surface area contributed by atoms with E-state index in [4.69, 9.17) is 10.5 Å². The fraction of sp³-hybridized carbons (Fsp3) is 0.350. The minimum Gasteiger partial charge on any atom is -0.496 e. The number of benzene rings is 2. The molecule has 0 aliphatic carbocycles. The second-order valence-electron chi connectivity index (χ2n) is 6.35. The average Bonchev–Trinajstić information content (AvgIpc) is 2.95. The van der Waals surface area contributed by atoms with Gasteiger partial charge >= 0.3 is 0 Å². The van der Waals surface area contributed by atoms with Gasteiger partial charge in [-0.3, -0.25) is 4.79 Å². The molecule has 24 heavy (non-hydrogen) atoms. The van der Waals surface area contributed by atoms with Crippen molar-refractivity contribution in [2.75, 3.05) is 13.7 Å². The number of hydrogen-bond donors (Lipinski definition) is 1. The van der Waals surface area contributed by atoms with E-state index in [9.17, 15) is 4.79 Å². The van der Waals surface area contributed by atoms with Gasteiger partial charge in [-0.05, 0) is 36.6 Å². The van der Waals surface area contributed by atoms with Crippen LogP contribution in [0.1, 0.15) is 24.0 Å². The molecule has 4 nitrogen and oxygen atoms in total. The van der Waals surface area contributed by atoms with Crippen LogP contribution in [0.2, 0.25) is 0 Å². The minimum absolute atomic E-state index is 0.155. The topological polar surface area (TPSA) is 55.6 Å². The van der Waals surface area contributed by atoms with Gasteiger partial charge in [-0.15, -0.1) is 0 Å². The molecule has 126 valence electrons. The van der Waals surface area contributed by atoms with E-state index in [1.54, 1.807) is 7.11 Å². The molecule has 0 saturated carbocycles. The maximum Gasteiger partial charge on any atom is 0.223 e. The maximum atomic E-state index is 12.1. The molecule has 0 radical (unpaired) electrons. The lowest BCUT2D eigenvalue weighted by Gasteiger charge is -2.24. The number of methoxy groups -OCH3 is 1. The van der Waals surface area contributed by atoms with Gasteiger partial charge in [0.25, 0.3) is 0 Å². The summed E-state index contributed by atoms with van der Waals surface area (Å²) in [5.74, 6) is 1.03. The molecule has 1 aliphatic rings. The molecule has 2 N–H and O–H groups in total. The lowest BCUT2D eigenvalue weighted by molar-refractivity contribution is -0.129. The van der Waals surface area contributed by atoms with Gasteiger partial charge in [0.05, 0.1) is 7.11 Å². The monoisotopic (exact) mass is 324 g/mol. The maximum absolute atomic E-state index is 12.1. The molecular weight excluding hydrogens is 300 g/mol. The van der Waals surface area contributed by atoms with E-state index in [2.05, 4.69) is 31.2 Å². The number of rotatable bonds is 5. The van der Waals surface area contributed by atoms with Crippen LogP contribution in [0, 0.1) is 6.92 Å². The number of hydrogen-bond acceptors (Lipinski definition) is 3. The fourth-order valence-electron chi connectivity index (χ4n) is 3.34. The molecule has 1 atom stereocenters. The molecule has 2 aromatic carbocycles. The Hall–Kier alpha value is -2.33. The molecule has 0 bridgehead atoms. The largest absolute Gasteiger partial charge is 0.496 e. The van der Waals surface area contributed by atoms with Crippen molar-refractivity contribution in [1.29, 1.82) is 0 Å². The Bertz CT molecular complexity index is 742. The van der Waals surface area contributed by atoms with E-state index in [0.717, 1.165) is 28.9 Å². The Morgan fingerprint density at radius 3 is 2.79 bits per heavy atom. The molecular formula is C20H24N2O2. The van der Waals surface area contributed by atoms with Crippen LogP contribution in [-0.4, -0.2) is 30.5 Å². The number of carbonyl (C=O) groups is 1. The fourth-order valence-corrected chi connectivity index (χ4v) is 3.34. The van der Waals surface area contributed by atoms with Crippen molar-refractivity contribution in [3.8, 4) is 16.9 Å². The second kappa shape index (κ2) is 7.05. The van der Waals surface area contributed by atoms with Crippen molar-refractivity contribution in [1.82, 2.24) is 4.90 Å². The molecule has 0 aromatic heterocycles. The van der Waals surface area contributed by atoms with Crippen molar-refractivity contribution < 1.29 is 9.53 Å². The summed E-state index contributed by atoms with van der Waals surface area (Å²) in [6.07, 6.45) is 1.46. The third-order valence-corrected chi connectivity index (χ3v) is 4.67. The molecule has 2 aromatic rings. The van der Waals surface area contributed by atoms with Crippen molar-refractivity contribution >= 4 is 5.91 Å². The summed E-state index contributed by atoms with van der Waals surface area (Å²) in [5, 5.41) is 0. The number of ether oxygens (including phenoxy) is 1. The summed E-state index contributed by atoms with van der Waals surface area (Å²) >= 11 is 0. The van der Waals surface area contributed by atoms with E-state index in [-0.39, 0.29) is 11.9 Å². The van der Waals surface area contributed by atoms with Gasteiger partial charge in [0.1, 0.15) is 5.75 Å². The van der Waals surface area contributed by atoms with Crippen molar-refractivity contribution in [2.45, 2.75) is 32.4 Å². The average molecular weight is 324 g/mol. The SMILES string of the molecule is COc1ccc(CN2C(=O)CC[C@H]2CN)cc1-c1cccc(C)c1. The van der Waals surface area contributed by atoms with Gasteiger partial charge in [-0.2, -0.15) is 0 Å². The van der Waals surface area contributed by atoms with Crippen LogP contribution in [0.4, 0.5) is 0 Å². The predicted octanol–water partition coefficient (Wildman–Crippen LogP) is 3.12. The summed E-state index contributed by atoms with van der Waals surface area (Å²) in [5.41, 5.74) is 10.3. The highest BCUT2D eigenvalue weighted by Crippen LogP contribution is 2.32. The number of aryl methyl sites for hydroxylation is 1. The van der Waals surface area contributed by atoms with Crippen molar-refractivity contribution in [3.05, 3.63) is 53.6 Å². The molecule has 1 heterocycles. The predicted molar refractivity (Wildman–Crippen MR) is 95.8 cm³/mol. The third kappa shape index (κ3) is 3.29. The van der Waals surface area contributed by atoms with Crippen LogP contribution in [0.25, 0.3) is 11.1 Å². The first kappa shape index (κ1) is 16.5. The summed E-state index contributed by atoms with van der Waals surface area (Å²) < 4.78 is 5.53. The number of carbonyl (C=O) groups excluding carboxylic acids is 1. The number of nitrogens with zero attached hydrogens (tertiary/aromatic N) is 1. The lowest BCUT2D eigenvalue weighted by Crippen LogP contribution is -2.37. The highest BCUT2D eigenvalue weighted by Gasteiger charge is 2.29. The van der Waals surface area contributed by atoms with Crippen molar-refractivity contribution in [3.63, 3.8) is 0 Å². The minimum atomic E-state index is 0.155. The molecule has 0 spiro atoms. The van der Waals surface area contributed by atoms with Crippen LogP contribution in [0.3, 0.4) is 0 Å². The molecule has 1 aliphatic heterocycles. The zero-order valence-electron chi connectivity index (χ0n) is 14.3. The summed E-state index contributed by atoms with van der Waals surface area (Å²) in [4.78, 5) is 14.0. The Kier molecular flexibility index (Phi) is 4.86. The Balaban J connectivity index is 1.93. The van der Waals surface area contributed by atoms with Gasteiger partial charge < -0.3 is 15.4 Å². The first-order chi connectivity index (χ1) is 11.6. The van der Waals surface area contributed by atoms with Crippen molar-refractivity contribution in [2.24, 2.45) is 5.73 Å². The quantitative estimate of drug-likeness (QED) is 0.919. The number of amides is 1. The zero-order valence-corrected chi connectivity index (χ0v) is 14.3. The molecule has 1 fully saturated rings. The Morgan fingerprint density at radius 2 is 2.08 bits per heavy atom. The normalized spacial score (nSPS) is 17.4. The lowest BCUT2D eigenvalue weighted by atomic mass is 10.00. The van der Waals surface area contributed by atoms with Crippen LogP contribution < -0.4 is 10.5 Å². The molecule has 1 amide bonds. The standard InChI is InChI=1S/C20H24N2O2/c1-14-4-3-5-16(10-14)18-11-15(6-8-19(18)24-2)13-22-17(12-21)7-9-20(22)23/h3-6,8,10-11,17H,7,9,12-13,21H2,1-2H3/t17-/m0/s1. The van der Waals surface area contributed by atoms with Crippen LogP contribution in [0.5, 0.6) is 5.75 Å². The van der Waals surface area contributed by atoms with Crippen LogP contribution in [-0.2, 0) is 11.3 Å². The number of nitrogens with two attached hydrogens (primary N) is 1. The van der Waals surface area contributed by atoms with E-state index >= 15 is 0 Å². The molecule has 1 saturated heterocycles. The van der Waals surface area contributed by atoms with Crippen LogP contribution in [0.15, 0.2) is 42.5 Å². The van der Waals surface area contributed by atoms with E-state index in [0.29, 0.717) is 19.5 Å². The van der Waals surface area contributed by atoms with Crippen LogP contribution >= 0.6 is 0 Å². The molecule has 3 rings (SSSR count). The summed E-state index contributed by atoms with van der Waals surface area (Å²) in [6, 6.07) is 14.6. The van der Waals surface area contributed by atoms with E-state index < -0.39 is 0 Å². The van der Waals surface area contributed by atoms with Gasteiger partial charge in [0.2, 0.25) is 5.91 Å². The Morgan fingerprint density at radius 1 is 1.25 bits per heavy atom. The molecule has 0 unspecified atom stereocenters. The second-order valence-corrected chi connectivity index (χ2v) is 6.35. The highest BCUT2D eigenvalue weighted by molar-refractivity contribution is 5.79. The first-order valence-corrected chi connectivity index (χ1v) is 8.36. The van der Waals surface area contributed by atoms with E-state index in [1.807, 2.05) is 23.1 Å². The van der Waals surface area contributed by atoms with Gasteiger partial charge in [0.15, 0.2) is 0 Å². The highest BCUT2D eigenvalue weighted by atomic mass is 16.5. The number of likely N-dealkylation sites (tertiary alicyclic amines) is 1. The Labute approximate surface area is 143 Å².